The number of nitrogens with zero attached hydrogens (tertiary/aromatic N) is 1. The average molecular weight is 274 g/mol. The molecular weight excluding hydrogens is 252 g/mol. The van der Waals surface area contributed by atoms with Crippen molar-refractivity contribution in [1.29, 1.82) is 0 Å². The molecular formula is C15H22N4O. The lowest BCUT2D eigenvalue weighted by Crippen LogP contribution is -2.32. The molecule has 5 heteroatoms. The van der Waals surface area contributed by atoms with Crippen molar-refractivity contribution in [1.82, 2.24) is 10.7 Å². The Morgan fingerprint density at radius 2 is 2.25 bits per heavy atom. The van der Waals surface area contributed by atoms with Crippen molar-refractivity contribution in [3.63, 3.8) is 0 Å². The van der Waals surface area contributed by atoms with E-state index in [0.29, 0.717) is 6.42 Å². The minimum atomic E-state index is -0.0121. The van der Waals surface area contributed by atoms with Gasteiger partial charge in [0.25, 0.3) is 0 Å². The summed E-state index contributed by atoms with van der Waals surface area (Å²) in [5.41, 5.74) is 6.87. The van der Waals surface area contributed by atoms with Crippen LogP contribution in [0.1, 0.15) is 31.4 Å². The summed E-state index contributed by atoms with van der Waals surface area (Å²) in [5.74, 6) is 0.144. The maximum Gasteiger partial charge on any atom is 0.240 e. The monoisotopic (exact) mass is 274 g/mol. The van der Waals surface area contributed by atoms with Gasteiger partial charge in [-0.1, -0.05) is 19.9 Å². The van der Waals surface area contributed by atoms with E-state index in [1.54, 1.807) is 0 Å². The molecule has 1 atom stereocenters. The first kappa shape index (κ1) is 14.5. The average Bonchev–Trinajstić information content (AvgIpc) is 2.41. The molecule has 1 aliphatic rings. The van der Waals surface area contributed by atoms with Crippen molar-refractivity contribution in [2.75, 3.05) is 18.5 Å². The minimum absolute atomic E-state index is 0.0121. The number of rotatable bonds is 5. The molecule has 0 radical (unpaired) electrons. The number of hydrazone groups is 1. The second-order valence-corrected chi connectivity index (χ2v) is 5.12. The summed E-state index contributed by atoms with van der Waals surface area (Å²) < 4.78 is 0. The van der Waals surface area contributed by atoms with Gasteiger partial charge in [-0.05, 0) is 36.7 Å². The van der Waals surface area contributed by atoms with E-state index in [0.717, 1.165) is 30.2 Å². The van der Waals surface area contributed by atoms with Gasteiger partial charge in [0, 0.05) is 18.0 Å². The molecule has 0 fully saturated rings. The van der Waals surface area contributed by atoms with E-state index in [1.807, 2.05) is 13.0 Å². The van der Waals surface area contributed by atoms with Crippen molar-refractivity contribution in [3.05, 3.63) is 29.3 Å². The number of amides is 1. The van der Waals surface area contributed by atoms with Crippen LogP contribution < -0.4 is 16.1 Å². The van der Waals surface area contributed by atoms with Gasteiger partial charge >= 0.3 is 0 Å². The van der Waals surface area contributed by atoms with Crippen LogP contribution in [0, 0.1) is 12.8 Å². The van der Waals surface area contributed by atoms with Crippen LogP contribution in [-0.4, -0.2) is 24.8 Å². The van der Waals surface area contributed by atoms with E-state index in [4.69, 9.17) is 0 Å². The molecule has 0 spiro atoms. The zero-order valence-electron chi connectivity index (χ0n) is 12.3. The van der Waals surface area contributed by atoms with Crippen molar-refractivity contribution in [2.45, 2.75) is 27.2 Å². The minimum Gasteiger partial charge on any atom is -0.372 e. The van der Waals surface area contributed by atoms with E-state index < -0.39 is 0 Å². The third-order valence-electron chi connectivity index (χ3n) is 3.44. The van der Waals surface area contributed by atoms with E-state index in [-0.39, 0.29) is 11.8 Å². The number of anilines is 1. The SMILES string of the molecule is CCNCNc1ccc(C2=NNC(=O)CC2C)cc1C. The molecule has 2 rings (SSSR count). The second kappa shape index (κ2) is 6.52. The van der Waals surface area contributed by atoms with Crippen molar-refractivity contribution in [3.8, 4) is 0 Å². The summed E-state index contributed by atoms with van der Waals surface area (Å²) in [5, 5.41) is 10.8. The molecule has 3 N–H and O–H groups in total. The molecule has 1 aromatic carbocycles. The topological polar surface area (TPSA) is 65.5 Å². The standard InChI is InChI=1S/C15H22N4O/c1-4-16-9-17-13-6-5-12(7-10(13)2)15-11(3)8-14(20)18-19-15/h5-7,11,16-17H,4,8-9H2,1-3H3,(H,18,20). The van der Waals surface area contributed by atoms with Crippen LogP contribution >= 0.6 is 0 Å². The molecule has 0 aliphatic carbocycles. The lowest BCUT2D eigenvalue weighted by atomic mass is 9.93. The lowest BCUT2D eigenvalue weighted by molar-refractivity contribution is -0.121. The summed E-state index contributed by atoms with van der Waals surface area (Å²) in [4.78, 5) is 11.3. The molecule has 20 heavy (non-hydrogen) atoms. The molecule has 5 nitrogen and oxygen atoms in total. The number of aryl methyl sites for hydroxylation is 1. The number of hydrogen-bond donors (Lipinski definition) is 3. The van der Waals surface area contributed by atoms with Gasteiger partial charge in [0.2, 0.25) is 5.91 Å². The van der Waals surface area contributed by atoms with Crippen LogP contribution in [0.2, 0.25) is 0 Å². The molecule has 108 valence electrons. The second-order valence-electron chi connectivity index (χ2n) is 5.12. The molecule has 1 aliphatic heterocycles. The molecule has 1 heterocycles. The Bertz CT molecular complexity index is 525. The van der Waals surface area contributed by atoms with Gasteiger partial charge in [0.05, 0.1) is 12.4 Å². The fourth-order valence-corrected chi connectivity index (χ4v) is 2.31. The van der Waals surface area contributed by atoms with Gasteiger partial charge in [-0.25, -0.2) is 5.43 Å². The Hall–Kier alpha value is -1.88. The maximum atomic E-state index is 11.3. The maximum absolute atomic E-state index is 11.3. The van der Waals surface area contributed by atoms with Crippen molar-refractivity contribution in [2.24, 2.45) is 11.0 Å². The predicted octanol–water partition coefficient (Wildman–Crippen LogP) is 1.83. The first-order chi connectivity index (χ1) is 9.61. The zero-order valence-corrected chi connectivity index (χ0v) is 12.3. The normalized spacial score (nSPS) is 18.4. The molecule has 1 amide bonds. The molecule has 1 unspecified atom stereocenters. The largest absolute Gasteiger partial charge is 0.372 e. The van der Waals surface area contributed by atoms with Crippen LogP contribution in [0.4, 0.5) is 5.69 Å². The molecule has 0 aromatic heterocycles. The van der Waals surface area contributed by atoms with E-state index >= 15 is 0 Å². The summed E-state index contributed by atoms with van der Waals surface area (Å²) in [6.07, 6.45) is 0.498. The summed E-state index contributed by atoms with van der Waals surface area (Å²) >= 11 is 0. The van der Waals surface area contributed by atoms with Gasteiger partial charge < -0.3 is 10.6 Å². The number of hydrogen-bond acceptors (Lipinski definition) is 4. The smallest absolute Gasteiger partial charge is 0.240 e. The number of carbonyl (C=O) groups excluding carboxylic acids is 1. The van der Waals surface area contributed by atoms with Crippen LogP contribution in [0.5, 0.6) is 0 Å². The van der Waals surface area contributed by atoms with Crippen LogP contribution in [0.25, 0.3) is 0 Å². The van der Waals surface area contributed by atoms with E-state index in [9.17, 15) is 4.79 Å². The quantitative estimate of drug-likeness (QED) is 0.567. The van der Waals surface area contributed by atoms with E-state index in [2.05, 4.69) is 47.1 Å². The fourth-order valence-electron chi connectivity index (χ4n) is 2.31. The first-order valence-electron chi connectivity index (χ1n) is 7.03. The number of carbonyl (C=O) groups is 1. The van der Waals surface area contributed by atoms with E-state index in [1.165, 1.54) is 5.56 Å². The zero-order chi connectivity index (χ0) is 14.5. The van der Waals surface area contributed by atoms with Gasteiger partial charge in [0.15, 0.2) is 0 Å². The van der Waals surface area contributed by atoms with Gasteiger partial charge in [0.1, 0.15) is 0 Å². The van der Waals surface area contributed by atoms with Crippen LogP contribution in [0.3, 0.4) is 0 Å². The predicted molar refractivity (Wildman–Crippen MR) is 81.8 cm³/mol. The summed E-state index contributed by atoms with van der Waals surface area (Å²) in [6.45, 7) is 7.88. The fraction of sp³-hybridized carbons (Fsp3) is 0.467. The van der Waals surface area contributed by atoms with Gasteiger partial charge in [-0.3, -0.25) is 4.79 Å². The molecule has 0 bridgehead atoms. The molecule has 0 saturated heterocycles. The van der Waals surface area contributed by atoms with Gasteiger partial charge in [-0.2, -0.15) is 5.10 Å². The Balaban J connectivity index is 2.14. The van der Waals surface area contributed by atoms with Gasteiger partial charge in [-0.15, -0.1) is 0 Å². The Kier molecular flexibility index (Phi) is 4.74. The summed E-state index contributed by atoms with van der Waals surface area (Å²) in [7, 11) is 0. The van der Waals surface area contributed by atoms with Crippen LogP contribution in [0.15, 0.2) is 23.3 Å². The number of benzene rings is 1. The number of nitrogens with one attached hydrogen (secondary N) is 3. The van der Waals surface area contributed by atoms with Crippen LogP contribution in [-0.2, 0) is 4.79 Å². The highest BCUT2D eigenvalue weighted by Crippen LogP contribution is 2.21. The third kappa shape index (κ3) is 3.36. The lowest BCUT2D eigenvalue weighted by Gasteiger charge is -2.20. The molecule has 0 saturated carbocycles. The molecule has 1 aromatic rings. The first-order valence-corrected chi connectivity index (χ1v) is 7.03. The summed E-state index contributed by atoms with van der Waals surface area (Å²) in [6, 6.07) is 6.23. The van der Waals surface area contributed by atoms with Crippen molar-refractivity contribution >= 4 is 17.3 Å². The van der Waals surface area contributed by atoms with Crippen molar-refractivity contribution < 1.29 is 4.79 Å². The highest BCUT2D eigenvalue weighted by molar-refractivity contribution is 6.06. The highest BCUT2D eigenvalue weighted by Gasteiger charge is 2.21. The third-order valence-corrected chi connectivity index (χ3v) is 3.44. The Morgan fingerprint density at radius 1 is 1.45 bits per heavy atom. The highest BCUT2D eigenvalue weighted by atomic mass is 16.2. The Morgan fingerprint density at radius 3 is 2.90 bits per heavy atom. The Labute approximate surface area is 119 Å².